The lowest BCUT2D eigenvalue weighted by atomic mass is 10.1. The molecule has 2 heterocycles. The van der Waals surface area contributed by atoms with Crippen molar-refractivity contribution in [1.82, 2.24) is 9.62 Å². The summed E-state index contributed by atoms with van der Waals surface area (Å²) in [6, 6.07) is 0.543. The molecule has 2 saturated heterocycles. The van der Waals surface area contributed by atoms with E-state index in [4.69, 9.17) is 11.6 Å². The van der Waals surface area contributed by atoms with Gasteiger partial charge in [-0.15, -0.1) is 11.6 Å². The van der Waals surface area contributed by atoms with Gasteiger partial charge < -0.3 is 0 Å². The van der Waals surface area contributed by atoms with Gasteiger partial charge in [0.05, 0.1) is 5.75 Å². The second kappa shape index (κ2) is 5.43. The predicted molar refractivity (Wildman–Crippen MR) is 69.8 cm³/mol. The van der Waals surface area contributed by atoms with E-state index >= 15 is 0 Å². The van der Waals surface area contributed by atoms with Crippen LogP contribution in [0.5, 0.6) is 0 Å². The number of rotatable bonds is 5. The number of sulfonamides is 1. The van der Waals surface area contributed by atoms with Gasteiger partial charge in [-0.2, -0.15) is 0 Å². The second-order valence-electron chi connectivity index (χ2n) is 5.30. The van der Waals surface area contributed by atoms with E-state index in [2.05, 4.69) is 9.62 Å². The Bertz CT molecular complexity index is 360. The lowest BCUT2D eigenvalue weighted by Crippen LogP contribution is -2.44. The van der Waals surface area contributed by atoms with Crippen LogP contribution in [-0.2, 0) is 10.0 Å². The number of hydrogen-bond donors (Lipinski definition) is 1. The summed E-state index contributed by atoms with van der Waals surface area (Å²) in [5.41, 5.74) is 0. The highest BCUT2D eigenvalue weighted by atomic mass is 35.5. The summed E-state index contributed by atoms with van der Waals surface area (Å²) >= 11 is 5.66. The Morgan fingerprint density at radius 3 is 2.88 bits per heavy atom. The van der Waals surface area contributed by atoms with Crippen LogP contribution in [-0.4, -0.2) is 50.1 Å². The number of halogens is 1. The van der Waals surface area contributed by atoms with Crippen molar-refractivity contribution >= 4 is 21.6 Å². The molecule has 0 aromatic carbocycles. The van der Waals surface area contributed by atoms with Crippen LogP contribution in [0.2, 0.25) is 0 Å². The van der Waals surface area contributed by atoms with Crippen LogP contribution in [0.15, 0.2) is 0 Å². The van der Waals surface area contributed by atoms with Crippen LogP contribution < -0.4 is 4.72 Å². The predicted octanol–water partition coefficient (Wildman–Crippen LogP) is 1.02. The molecule has 6 heteroatoms. The average molecular weight is 281 g/mol. The molecule has 3 atom stereocenters. The fraction of sp³-hybridized carbons (Fsp3) is 1.00. The van der Waals surface area contributed by atoms with Crippen molar-refractivity contribution < 1.29 is 8.42 Å². The van der Waals surface area contributed by atoms with Gasteiger partial charge in [0, 0.05) is 24.5 Å². The summed E-state index contributed by atoms with van der Waals surface area (Å²) in [5.74, 6) is 0.538. The molecule has 0 saturated carbocycles. The van der Waals surface area contributed by atoms with E-state index in [1.165, 1.54) is 6.42 Å². The van der Waals surface area contributed by atoms with Crippen molar-refractivity contribution in [2.24, 2.45) is 5.92 Å². The third-order valence-electron chi connectivity index (χ3n) is 3.70. The van der Waals surface area contributed by atoms with Crippen molar-refractivity contribution in [2.45, 2.75) is 38.3 Å². The zero-order chi connectivity index (χ0) is 12.5. The normalized spacial score (nSPS) is 31.6. The van der Waals surface area contributed by atoms with Crippen molar-refractivity contribution in [3.8, 4) is 0 Å². The van der Waals surface area contributed by atoms with Gasteiger partial charge in [0.15, 0.2) is 0 Å². The maximum absolute atomic E-state index is 12.0. The minimum atomic E-state index is -3.18. The lowest BCUT2D eigenvalue weighted by molar-refractivity contribution is 0.308. The van der Waals surface area contributed by atoms with Crippen LogP contribution in [0.25, 0.3) is 0 Å². The largest absolute Gasteiger partial charge is 0.299 e. The topological polar surface area (TPSA) is 49.4 Å². The number of fused-ring (bicyclic) bond motifs is 1. The summed E-state index contributed by atoms with van der Waals surface area (Å²) < 4.78 is 26.8. The van der Waals surface area contributed by atoms with Gasteiger partial charge >= 0.3 is 0 Å². The van der Waals surface area contributed by atoms with E-state index in [0.717, 1.165) is 25.9 Å². The van der Waals surface area contributed by atoms with Crippen molar-refractivity contribution in [1.29, 1.82) is 0 Å². The molecule has 2 aliphatic heterocycles. The standard InChI is InChI=1S/C11H21ClN2O2S/c1-9(7-12)8-17(15,16)13-10-4-6-14-5-2-3-11(10)14/h9-11,13H,2-8H2,1H3. The van der Waals surface area contributed by atoms with Gasteiger partial charge in [-0.05, 0) is 31.7 Å². The number of nitrogens with zero attached hydrogens (tertiary/aromatic N) is 1. The summed E-state index contributed by atoms with van der Waals surface area (Å²) in [6.45, 7) is 4.02. The monoisotopic (exact) mass is 280 g/mol. The Hall–Kier alpha value is 0.160. The zero-order valence-electron chi connectivity index (χ0n) is 10.2. The Balaban J connectivity index is 1.92. The smallest absolute Gasteiger partial charge is 0.212 e. The molecule has 0 radical (unpaired) electrons. The quantitative estimate of drug-likeness (QED) is 0.765. The summed E-state index contributed by atoms with van der Waals surface area (Å²) in [7, 11) is -3.18. The Morgan fingerprint density at radius 1 is 1.41 bits per heavy atom. The Morgan fingerprint density at radius 2 is 2.18 bits per heavy atom. The van der Waals surface area contributed by atoms with E-state index in [1.807, 2.05) is 6.92 Å². The summed E-state index contributed by atoms with van der Waals surface area (Å²) in [5, 5.41) is 0. The van der Waals surface area contributed by atoms with Gasteiger partial charge in [0.1, 0.15) is 0 Å². The van der Waals surface area contributed by atoms with Crippen molar-refractivity contribution in [2.75, 3.05) is 24.7 Å². The molecule has 17 heavy (non-hydrogen) atoms. The second-order valence-corrected chi connectivity index (χ2v) is 7.41. The van der Waals surface area contributed by atoms with Crippen LogP contribution >= 0.6 is 11.6 Å². The van der Waals surface area contributed by atoms with Crippen LogP contribution in [0.4, 0.5) is 0 Å². The van der Waals surface area contributed by atoms with Crippen LogP contribution in [0.1, 0.15) is 26.2 Å². The molecule has 0 amide bonds. The lowest BCUT2D eigenvalue weighted by Gasteiger charge is -2.21. The minimum absolute atomic E-state index is 0.00949. The van der Waals surface area contributed by atoms with Crippen molar-refractivity contribution in [3.05, 3.63) is 0 Å². The fourth-order valence-corrected chi connectivity index (χ4v) is 4.86. The molecule has 2 rings (SSSR count). The summed E-state index contributed by atoms with van der Waals surface area (Å²) in [4.78, 5) is 2.40. The number of alkyl halides is 1. The first-order valence-corrected chi connectivity index (χ1v) is 8.50. The third kappa shape index (κ3) is 3.34. The molecule has 2 fully saturated rings. The van der Waals surface area contributed by atoms with E-state index in [1.54, 1.807) is 0 Å². The van der Waals surface area contributed by atoms with Gasteiger partial charge in [0.2, 0.25) is 10.0 Å². The summed E-state index contributed by atoms with van der Waals surface area (Å²) in [6.07, 6.45) is 3.26. The molecule has 0 aliphatic carbocycles. The highest BCUT2D eigenvalue weighted by molar-refractivity contribution is 7.89. The van der Waals surface area contributed by atoms with E-state index in [-0.39, 0.29) is 17.7 Å². The molecular weight excluding hydrogens is 260 g/mol. The molecular formula is C11H21ClN2O2S. The third-order valence-corrected chi connectivity index (χ3v) is 5.90. The van der Waals surface area contributed by atoms with E-state index < -0.39 is 10.0 Å². The zero-order valence-corrected chi connectivity index (χ0v) is 11.8. The highest BCUT2D eigenvalue weighted by Crippen LogP contribution is 2.28. The number of nitrogens with one attached hydrogen (secondary N) is 1. The molecule has 3 unspecified atom stereocenters. The highest BCUT2D eigenvalue weighted by Gasteiger charge is 2.38. The van der Waals surface area contributed by atoms with E-state index in [0.29, 0.717) is 11.9 Å². The molecule has 0 bridgehead atoms. The number of hydrogen-bond acceptors (Lipinski definition) is 3. The van der Waals surface area contributed by atoms with E-state index in [9.17, 15) is 8.42 Å². The molecule has 100 valence electrons. The molecule has 0 aromatic heterocycles. The van der Waals surface area contributed by atoms with Gasteiger partial charge in [-0.3, -0.25) is 4.90 Å². The van der Waals surface area contributed by atoms with Crippen molar-refractivity contribution in [3.63, 3.8) is 0 Å². The first-order chi connectivity index (χ1) is 8.02. The average Bonchev–Trinajstić information content (AvgIpc) is 2.82. The SMILES string of the molecule is CC(CCl)CS(=O)(=O)NC1CCN2CCCC12. The molecule has 1 N–H and O–H groups in total. The molecule has 0 spiro atoms. The Labute approximate surface area is 109 Å². The van der Waals surface area contributed by atoms with Gasteiger partial charge in [-0.1, -0.05) is 6.92 Å². The first-order valence-electron chi connectivity index (χ1n) is 6.32. The molecule has 0 aromatic rings. The van der Waals surface area contributed by atoms with Crippen LogP contribution in [0.3, 0.4) is 0 Å². The van der Waals surface area contributed by atoms with Gasteiger partial charge in [0.25, 0.3) is 0 Å². The minimum Gasteiger partial charge on any atom is -0.299 e. The molecule has 4 nitrogen and oxygen atoms in total. The fourth-order valence-electron chi connectivity index (χ4n) is 2.92. The van der Waals surface area contributed by atoms with Gasteiger partial charge in [-0.25, -0.2) is 13.1 Å². The maximum atomic E-state index is 12.0. The maximum Gasteiger partial charge on any atom is 0.212 e. The Kier molecular flexibility index (Phi) is 4.34. The molecule has 2 aliphatic rings. The first kappa shape index (κ1) is 13.6. The van der Waals surface area contributed by atoms with Crippen LogP contribution in [0, 0.1) is 5.92 Å².